The Morgan fingerprint density at radius 3 is 2.86 bits per heavy atom. The number of carboxylic acids is 1. The Labute approximate surface area is 79.5 Å². The van der Waals surface area contributed by atoms with Crippen LogP contribution in [-0.4, -0.2) is 23.0 Å². The first-order chi connectivity index (χ1) is 6.61. The van der Waals surface area contributed by atoms with Crippen LogP contribution in [0.5, 0.6) is 17.2 Å². The molecule has 0 aromatic heterocycles. The molecule has 0 amide bonds. The maximum absolute atomic E-state index is 10.8. The minimum Gasteiger partial charge on any atom is -0.504 e. The molecule has 14 heavy (non-hydrogen) atoms. The van der Waals surface area contributed by atoms with Gasteiger partial charge >= 0.3 is 5.97 Å². The van der Waals surface area contributed by atoms with Gasteiger partial charge in [-0.15, -0.1) is 0 Å². The second-order valence-electron chi connectivity index (χ2n) is 2.94. The summed E-state index contributed by atoms with van der Waals surface area (Å²) in [7, 11) is 0. The number of phenolic OH excluding ortho intramolecular Hbond substituents is 1. The third kappa shape index (κ3) is 1.06. The van der Waals surface area contributed by atoms with Crippen LogP contribution in [0.1, 0.15) is 15.9 Å². The van der Waals surface area contributed by atoms with E-state index in [9.17, 15) is 9.90 Å². The average molecular weight is 196 g/mol. The summed E-state index contributed by atoms with van der Waals surface area (Å²) in [6.07, 6.45) is 0. The predicted octanol–water partition coefficient (Wildman–Crippen LogP) is 1.13. The highest BCUT2D eigenvalue weighted by Gasteiger charge is 2.24. The monoisotopic (exact) mass is 196 g/mol. The van der Waals surface area contributed by atoms with Crippen LogP contribution in [0.2, 0.25) is 0 Å². The molecule has 0 saturated carbocycles. The number of phenols is 1. The summed E-state index contributed by atoms with van der Waals surface area (Å²) in [4.78, 5) is 10.8. The molecule has 2 rings (SSSR count). The second kappa shape index (κ2) is 2.80. The molecule has 1 aliphatic rings. The van der Waals surface area contributed by atoms with Gasteiger partial charge in [0.05, 0.1) is 5.56 Å². The summed E-state index contributed by atoms with van der Waals surface area (Å²) < 4.78 is 9.96. The van der Waals surface area contributed by atoms with Crippen LogP contribution in [0, 0.1) is 6.92 Å². The van der Waals surface area contributed by atoms with Gasteiger partial charge in [-0.05, 0) is 13.0 Å². The number of fused-ring (bicyclic) bond motifs is 1. The minimum absolute atomic E-state index is 0.00536. The number of ether oxygens (including phenoxy) is 2. The van der Waals surface area contributed by atoms with E-state index < -0.39 is 5.97 Å². The van der Waals surface area contributed by atoms with Crippen molar-refractivity contribution < 1.29 is 24.5 Å². The van der Waals surface area contributed by atoms with E-state index in [0.717, 1.165) is 0 Å². The number of carbonyl (C=O) groups is 1. The van der Waals surface area contributed by atoms with E-state index in [2.05, 4.69) is 0 Å². The lowest BCUT2D eigenvalue weighted by atomic mass is 10.1. The van der Waals surface area contributed by atoms with Crippen molar-refractivity contribution in [2.75, 3.05) is 6.79 Å². The van der Waals surface area contributed by atoms with Crippen LogP contribution < -0.4 is 9.47 Å². The molecular weight excluding hydrogens is 188 g/mol. The van der Waals surface area contributed by atoms with E-state index in [4.69, 9.17) is 14.6 Å². The van der Waals surface area contributed by atoms with E-state index in [-0.39, 0.29) is 35.2 Å². The molecule has 2 N–H and O–H groups in total. The van der Waals surface area contributed by atoms with Gasteiger partial charge in [-0.1, -0.05) is 0 Å². The normalized spacial score (nSPS) is 12.9. The van der Waals surface area contributed by atoms with Crippen molar-refractivity contribution in [1.82, 2.24) is 0 Å². The SMILES string of the molecule is Cc1c(C(=O)O)cc2c(c1O)OCO2. The van der Waals surface area contributed by atoms with Gasteiger partial charge in [0.25, 0.3) is 0 Å². The Morgan fingerprint density at radius 1 is 1.50 bits per heavy atom. The molecule has 0 bridgehead atoms. The van der Waals surface area contributed by atoms with Crippen molar-refractivity contribution in [3.8, 4) is 17.2 Å². The average Bonchev–Trinajstić information content (AvgIpc) is 2.58. The first-order valence-electron chi connectivity index (χ1n) is 3.96. The highest BCUT2D eigenvalue weighted by atomic mass is 16.7. The molecule has 0 aliphatic carbocycles. The van der Waals surface area contributed by atoms with Gasteiger partial charge in [0.1, 0.15) is 0 Å². The Hall–Kier alpha value is -1.91. The summed E-state index contributed by atoms with van der Waals surface area (Å²) in [5.74, 6) is -0.786. The Morgan fingerprint density at radius 2 is 2.21 bits per heavy atom. The molecule has 1 heterocycles. The number of hydrogen-bond donors (Lipinski definition) is 2. The van der Waals surface area contributed by atoms with Gasteiger partial charge in [0.15, 0.2) is 11.5 Å². The molecule has 5 nitrogen and oxygen atoms in total. The number of carboxylic acid groups (broad SMARTS) is 1. The quantitative estimate of drug-likeness (QED) is 0.704. The molecule has 0 spiro atoms. The molecule has 1 aromatic carbocycles. The van der Waals surface area contributed by atoms with Crippen LogP contribution in [0.3, 0.4) is 0 Å². The zero-order valence-corrected chi connectivity index (χ0v) is 7.40. The second-order valence-corrected chi connectivity index (χ2v) is 2.94. The first-order valence-corrected chi connectivity index (χ1v) is 3.96. The van der Waals surface area contributed by atoms with E-state index in [1.54, 1.807) is 0 Å². The molecule has 0 saturated heterocycles. The standard InChI is InChI=1S/C9H8O5/c1-4-5(9(11)12)2-6-8(7(4)10)14-3-13-6/h2,10H,3H2,1H3,(H,11,12). The number of aromatic hydroxyl groups is 1. The van der Waals surface area contributed by atoms with Crippen molar-refractivity contribution in [3.63, 3.8) is 0 Å². The lowest BCUT2D eigenvalue weighted by Crippen LogP contribution is -1.99. The molecule has 0 fully saturated rings. The Kier molecular flexibility index (Phi) is 1.73. The van der Waals surface area contributed by atoms with E-state index >= 15 is 0 Å². The van der Waals surface area contributed by atoms with Crippen LogP contribution in [-0.2, 0) is 0 Å². The van der Waals surface area contributed by atoms with Gasteiger partial charge in [0, 0.05) is 5.56 Å². The fourth-order valence-corrected chi connectivity index (χ4v) is 1.34. The van der Waals surface area contributed by atoms with Crippen LogP contribution in [0.25, 0.3) is 0 Å². The van der Waals surface area contributed by atoms with Crippen molar-refractivity contribution >= 4 is 5.97 Å². The molecule has 1 aromatic rings. The fourth-order valence-electron chi connectivity index (χ4n) is 1.34. The van der Waals surface area contributed by atoms with Crippen molar-refractivity contribution in [2.45, 2.75) is 6.92 Å². The van der Waals surface area contributed by atoms with Gasteiger partial charge in [-0.25, -0.2) is 4.79 Å². The molecule has 74 valence electrons. The summed E-state index contributed by atoms with van der Waals surface area (Å²) >= 11 is 0. The lowest BCUT2D eigenvalue weighted by Gasteiger charge is -2.06. The predicted molar refractivity (Wildman–Crippen MR) is 45.9 cm³/mol. The Bertz CT molecular complexity index is 410. The fraction of sp³-hybridized carbons (Fsp3) is 0.222. The molecular formula is C9H8O5. The summed E-state index contributed by atoms with van der Waals surface area (Å²) in [6, 6.07) is 1.35. The minimum atomic E-state index is -1.10. The summed E-state index contributed by atoms with van der Waals surface area (Å²) in [6.45, 7) is 1.52. The third-order valence-corrected chi connectivity index (χ3v) is 2.12. The highest BCUT2D eigenvalue weighted by Crippen LogP contribution is 2.43. The molecule has 0 atom stereocenters. The summed E-state index contributed by atoms with van der Waals surface area (Å²) in [5.41, 5.74) is 0.300. The largest absolute Gasteiger partial charge is 0.504 e. The van der Waals surface area contributed by atoms with E-state index in [1.807, 2.05) is 0 Å². The van der Waals surface area contributed by atoms with Gasteiger partial charge in [-0.3, -0.25) is 0 Å². The molecule has 5 heteroatoms. The van der Waals surface area contributed by atoms with Crippen molar-refractivity contribution in [1.29, 1.82) is 0 Å². The first kappa shape index (κ1) is 8.68. The number of rotatable bonds is 1. The van der Waals surface area contributed by atoms with Gasteiger partial charge < -0.3 is 19.7 Å². The van der Waals surface area contributed by atoms with Crippen LogP contribution in [0.15, 0.2) is 6.07 Å². The summed E-state index contributed by atoms with van der Waals surface area (Å²) in [5, 5.41) is 18.4. The zero-order valence-electron chi connectivity index (χ0n) is 7.40. The highest BCUT2D eigenvalue weighted by molar-refractivity contribution is 5.91. The third-order valence-electron chi connectivity index (χ3n) is 2.12. The Balaban J connectivity index is 2.67. The molecule has 0 radical (unpaired) electrons. The lowest BCUT2D eigenvalue weighted by molar-refractivity contribution is 0.0695. The van der Waals surface area contributed by atoms with Crippen molar-refractivity contribution in [2.24, 2.45) is 0 Å². The number of benzene rings is 1. The smallest absolute Gasteiger partial charge is 0.336 e. The van der Waals surface area contributed by atoms with Crippen LogP contribution >= 0.6 is 0 Å². The molecule has 0 unspecified atom stereocenters. The van der Waals surface area contributed by atoms with Gasteiger partial charge in [-0.2, -0.15) is 0 Å². The number of hydrogen-bond acceptors (Lipinski definition) is 4. The van der Waals surface area contributed by atoms with Crippen LogP contribution in [0.4, 0.5) is 0 Å². The van der Waals surface area contributed by atoms with Gasteiger partial charge in [0.2, 0.25) is 12.5 Å². The zero-order chi connectivity index (χ0) is 10.3. The maximum atomic E-state index is 10.8. The topological polar surface area (TPSA) is 76.0 Å². The van der Waals surface area contributed by atoms with E-state index in [0.29, 0.717) is 0 Å². The number of aromatic carboxylic acids is 1. The van der Waals surface area contributed by atoms with E-state index in [1.165, 1.54) is 13.0 Å². The maximum Gasteiger partial charge on any atom is 0.336 e. The molecule has 1 aliphatic heterocycles. The van der Waals surface area contributed by atoms with Crippen molar-refractivity contribution in [3.05, 3.63) is 17.2 Å².